The minimum Gasteiger partial charge on any atom is -0.497 e. The summed E-state index contributed by atoms with van der Waals surface area (Å²) in [6.07, 6.45) is 0.907. The number of carbonyl (C=O) groups excluding carboxylic acids is 3. The van der Waals surface area contributed by atoms with Gasteiger partial charge >= 0.3 is 0 Å². The fourth-order valence-corrected chi connectivity index (χ4v) is 3.47. The maximum Gasteiger partial charge on any atom is 0.262 e. The van der Waals surface area contributed by atoms with E-state index in [-0.39, 0.29) is 36.7 Å². The number of anilines is 2. The molecule has 0 aromatic heterocycles. The molecule has 1 aliphatic heterocycles. The highest BCUT2D eigenvalue weighted by Gasteiger charge is 2.34. The van der Waals surface area contributed by atoms with E-state index in [0.29, 0.717) is 42.6 Å². The van der Waals surface area contributed by atoms with Gasteiger partial charge in [-0.05, 0) is 42.8 Å². The van der Waals surface area contributed by atoms with Gasteiger partial charge in [0.05, 0.1) is 13.0 Å². The second-order valence-corrected chi connectivity index (χ2v) is 7.61. The lowest BCUT2D eigenvalue weighted by Gasteiger charge is -2.17. The van der Waals surface area contributed by atoms with Crippen LogP contribution in [0.25, 0.3) is 0 Å². The Hall–Kier alpha value is -3.59. The van der Waals surface area contributed by atoms with Crippen LogP contribution in [0.3, 0.4) is 0 Å². The molecule has 3 rings (SSSR count). The van der Waals surface area contributed by atoms with Gasteiger partial charge in [0.15, 0.2) is 6.61 Å². The summed E-state index contributed by atoms with van der Waals surface area (Å²) >= 11 is 0. The van der Waals surface area contributed by atoms with Crippen LogP contribution in [0.4, 0.5) is 11.4 Å². The molecule has 176 valence electrons. The zero-order valence-corrected chi connectivity index (χ0v) is 18.8. The Balaban J connectivity index is 1.47. The summed E-state index contributed by atoms with van der Waals surface area (Å²) in [6.45, 7) is 1.27. The molecular weight excluding hydrogens is 426 g/mol. The maximum atomic E-state index is 12.4. The molecule has 0 unspecified atom stereocenters. The van der Waals surface area contributed by atoms with Gasteiger partial charge in [-0.15, -0.1) is 0 Å². The first-order valence-corrected chi connectivity index (χ1v) is 10.7. The Morgan fingerprint density at radius 1 is 1.09 bits per heavy atom. The molecule has 0 spiro atoms. The zero-order valence-electron chi connectivity index (χ0n) is 18.8. The third-order valence-corrected chi connectivity index (χ3v) is 5.19. The van der Waals surface area contributed by atoms with E-state index in [1.807, 2.05) is 0 Å². The lowest BCUT2D eigenvalue weighted by Crippen LogP contribution is -2.33. The van der Waals surface area contributed by atoms with E-state index in [9.17, 15) is 14.4 Å². The van der Waals surface area contributed by atoms with Gasteiger partial charge in [0.25, 0.3) is 5.91 Å². The molecule has 2 aromatic rings. The average Bonchev–Trinajstić information content (AvgIpc) is 3.22. The predicted octanol–water partition coefficient (Wildman–Crippen LogP) is 2.22. The molecule has 9 nitrogen and oxygen atoms in total. The van der Waals surface area contributed by atoms with Crippen LogP contribution in [0, 0.1) is 5.92 Å². The lowest BCUT2D eigenvalue weighted by atomic mass is 10.1. The number of methoxy groups -OCH3 is 2. The van der Waals surface area contributed by atoms with Crippen molar-refractivity contribution in [3.8, 4) is 11.5 Å². The van der Waals surface area contributed by atoms with Crippen LogP contribution in [0.5, 0.6) is 11.5 Å². The van der Waals surface area contributed by atoms with Crippen molar-refractivity contribution in [2.24, 2.45) is 5.92 Å². The number of amides is 3. The minimum absolute atomic E-state index is 0.0987. The summed E-state index contributed by atoms with van der Waals surface area (Å²) in [4.78, 5) is 38.5. The topological polar surface area (TPSA) is 106 Å². The van der Waals surface area contributed by atoms with Crippen molar-refractivity contribution in [3.05, 3.63) is 48.5 Å². The van der Waals surface area contributed by atoms with Gasteiger partial charge in [-0.1, -0.05) is 6.07 Å². The molecule has 1 aliphatic rings. The third-order valence-electron chi connectivity index (χ3n) is 5.19. The van der Waals surface area contributed by atoms with E-state index in [4.69, 9.17) is 14.2 Å². The van der Waals surface area contributed by atoms with E-state index >= 15 is 0 Å². The Morgan fingerprint density at radius 3 is 2.61 bits per heavy atom. The van der Waals surface area contributed by atoms with E-state index < -0.39 is 0 Å². The molecule has 33 heavy (non-hydrogen) atoms. The zero-order chi connectivity index (χ0) is 23.6. The lowest BCUT2D eigenvalue weighted by molar-refractivity contribution is -0.126. The molecule has 1 heterocycles. The van der Waals surface area contributed by atoms with Gasteiger partial charge in [-0.25, -0.2) is 0 Å². The van der Waals surface area contributed by atoms with Crippen molar-refractivity contribution in [1.29, 1.82) is 0 Å². The number of carbonyl (C=O) groups is 3. The smallest absolute Gasteiger partial charge is 0.262 e. The van der Waals surface area contributed by atoms with Crippen molar-refractivity contribution in [2.75, 3.05) is 50.7 Å². The molecule has 0 radical (unpaired) electrons. The molecule has 1 saturated heterocycles. The van der Waals surface area contributed by atoms with E-state index in [1.165, 1.54) is 0 Å². The minimum atomic E-state index is -0.378. The molecule has 1 atom stereocenters. The molecule has 0 aliphatic carbocycles. The second kappa shape index (κ2) is 11.9. The van der Waals surface area contributed by atoms with Crippen molar-refractivity contribution in [2.45, 2.75) is 12.8 Å². The molecule has 9 heteroatoms. The highest BCUT2D eigenvalue weighted by Crippen LogP contribution is 2.27. The van der Waals surface area contributed by atoms with Crippen LogP contribution in [0.15, 0.2) is 48.5 Å². The highest BCUT2D eigenvalue weighted by molar-refractivity contribution is 6.00. The summed E-state index contributed by atoms with van der Waals surface area (Å²) in [5.41, 5.74) is 1.30. The summed E-state index contributed by atoms with van der Waals surface area (Å²) < 4.78 is 15.6. The van der Waals surface area contributed by atoms with Crippen LogP contribution in [0.2, 0.25) is 0 Å². The first-order chi connectivity index (χ1) is 16.0. The molecule has 0 bridgehead atoms. The summed E-state index contributed by atoms with van der Waals surface area (Å²) in [6, 6.07) is 13.9. The number of rotatable bonds is 11. The molecule has 2 aromatic carbocycles. The fourth-order valence-electron chi connectivity index (χ4n) is 3.47. The van der Waals surface area contributed by atoms with Crippen LogP contribution in [-0.4, -0.2) is 58.2 Å². The van der Waals surface area contributed by atoms with Gasteiger partial charge in [0.1, 0.15) is 11.5 Å². The first-order valence-electron chi connectivity index (χ1n) is 10.7. The maximum absolute atomic E-state index is 12.4. The Morgan fingerprint density at radius 2 is 1.88 bits per heavy atom. The number of ether oxygens (including phenoxy) is 3. The quantitative estimate of drug-likeness (QED) is 0.504. The number of nitrogens with one attached hydrogen (secondary N) is 2. The van der Waals surface area contributed by atoms with Crippen molar-refractivity contribution in [1.82, 2.24) is 5.32 Å². The number of nitrogens with zero attached hydrogens (tertiary/aromatic N) is 1. The van der Waals surface area contributed by atoms with Crippen molar-refractivity contribution in [3.63, 3.8) is 0 Å². The van der Waals surface area contributed by atoms with Gasteiger partial charge in [0.2, 0.25) is 11.8 Å². The Bertz CT molecular complexity index is 963. The van der Waals surface area contributed by atoms with E-state index in [1.54, 1.807) is 67.7 Å². The van der Waals surface area contributed by atoms with Crippen LogP contribution in [-0.2, 0) is 19.1 Å². The van der Waals surface area contributed by atoms with Crippen LogP contribution >= 0.6 is 0 Å². The Labute approximate surface area is 193 Å². The third kappa shape index (κ3) is 6.95. The van der Waals surface area contributed by atoms with Gasteiger partial charge in [-0.3, -0.25) is 14.4 Å². The molecule has 2 N–H and O–H groups in total. The summed E-state index contributed by atoms with van der Waals surface area (Å²) in [7, 11) is 3.17. The summed E-state index contributed by atoms with van der Waals surface area (Å²) in [5.74, 6) is 0.241. The molecular formula is C24H29N3O6. The van der Waals surface area contributed by atoms with E-state index in [0.717, 1.165) is 6.42 Å². The van der Waals surface area contributed by atoms with Gasteiger partial charge < -0.3 is 29.7 Å². The largest absolute Gasteiger partial charge is 0.497 e. The van der Waals surface area contributed by atoms with Gasteiger partial charge in [0, 0.05) is 50.7 Å². The predicted molar refractivity (Wildman–Crippen MR) is 124 cm³/mol. The SMILES string of the molecule is COCCCNC(=O)[C@@H]1CC(=O)N(c2ccc(OCC(=O)Nc3cccc(OC)c3)cc2)C1. The monoisotopic (exact) mass is 455 g/mol. The number of benzene rings is 2. The Kier molecular flexibility index (Phi) is 8.65. The second-order valence-electron chi connectivity index (χ2n) is 7.61. The molecule has 3 amide bonds. The number of hydrogen-bond donors (Lipinski definition) is 2. The molecule has 0 saturated carbocycles. The normalized spacial score (nSPS) is 15.3. The van der Waals surface area contributed by atoms with Crippen LogP contribution < -0.4 is 25.0 Å². The van der Waals surface area contributed by atoms with Crippen molar-refractivity contribution >= 4 is 29.1 Å². The fraction of sp³-hybridized carbons (Fsp3) is 0.375. The standard InChI is InChI=1S/C24H29N3O6/c1-31-12-4-11-25-24(30)17-13-23(29)27(15-17)19-7-9-20(10-8-19)33-16-22(28)26-18-5-3-6-21(14-18)32-2/h3,5-10,14,17H,4,11-13,15-16H2,1-2H3,(H,25,30)(H,26,28)/t17-/m1/s1. The first kappa shape index (κ1) is 24.1. The average molecular weight is 456 g/mol. The van der Waals surface area contributed by atoms with Gasteiger partial charge in [-0.2, -0.15) is 0 Å². The van der Waals surface area contributed by atoms with Crippen molar-refractivity contribution < 1.29 is 28.6 Å². The van der Waals surface area contributed by atoms with E-state index in [2.05, 4.69) is 10.6 Å². The van der Waals surface area contributed by atoms with Crippen LogP contribution in [0.1, 0.15) is 12.8 Å². The summed E-state index contributed by atoms with van der Waals surface area (Å²) in [5, 5.41) is 5.59. The highest BCUT2D eigenvalue weighted by atomic mass is 16.5. The number of hydrogen-bond acceptors (Lipinski definition) is 6. The molecule has 1 fully saturated rings.